The number of piperazine rings is 1. The molecule has 0 aliphatic carbocycles. The number of nitrogens with zero attached hydrogens (tertiary/aromatic N) is 6. The van der Waals surface area contributed by atoms with Gasteiger partial charge in [0.1, 0.15) is 11.9 Å². The summed E-state index contributed by atoms with van der Waals surface area (Å²) in [5, 5.41) is 19.6. The van der Waals surface area contributed by atoms with Crippen molar-refractivity contribution in [3.05, 3.63) is 101 Å². The largest absolute Gasteiger partial charge is 0.481 e. The molecule has 0 radical (unpaired) electrons. The topological polar surface area (TPSA) is 86.9 Å². The smallest absolute Gasteiger partial charge is 0.303 e. The number of aliphatic carboxylic acids is 1. The van der Waals surface area contributed by atoms with E-state index in [1.165, 1.54) is 11.8 Å². The maximum Gasteiger partial charge on any atom is 0.303 e. The van der Waals surface area contributed by atoms with Gasteiger partial charge in [-0.05, 0) is 48.9 Å². The van der Waals surface area contributed by atoms with Gasteiger partial charge in [-0.25, -0.2) is 4.39 Å². The summed E-state index contributed by atoms with van der Waals surface area (Å²) in [6, 6.07) is 21.6. The van der Waals surface area contributed by atoms with Gasteiger partial charge in [0, 0.05) is 54.4 Å². The molecule has 0 bridgehead atoms. The summed E-state index contributed by atoms with van der Waals surface area (Å²) in [6.45, 7) is 3.69. The van der Waals surface area contributed by atoms with E-state index in [-0.39, 0.29) is 12.8 Å². The minimum absolute atomic E-state index is 0.114. The van der Waals surface area contributed by atoms with Crippen LogP contribution in [-0.2, 0) is 4.79 Å². The first-order valence-corrected chi connectivity index (χ1v) is 14.8. The van der Waals surface area contributed by atoms with Crippen molar-refractivity contribution in [3.63, 3.8) is 0 Å². The van der Waals surface area contributed by atoms with E-state index in [1.807, 2.05) is 16.7 Å². The molecular formula is C30H28ClFN6O2S. The Morgan fingerprint density at radius 2 is 1.73 bits per heavy atom. The fourth-order valence-electron chi connectivity index (χ4n) is 5.24. The van der Waals surface area contributed by atoms with E-state index in [4.69, 9.17) is 16.6 Å². The summed E-state index contributed by atoms with van der Waals surface area (Å²) >= 11 is 8.01. The molecule has 1 atom stereocenters. The van der Waals surface area contributed by atoms with Crippen LogP contribution in [-0.4, -0.2) is 68.5 Å². The molecule has 0 saturated carbocycles. The Bertz CT molecular complexity index is 1590. The van der Waals surface area contributed by atoms with Gasteiger partial charge < -0.3 is 10.0 Å². The van der Waals surface area contributed by atoms with Gasteiger partial charge in [-0.15, -0.1) is 10.2 Å². The number of aliphatic imine (C=N–C) groups is 1. The minimum atomic E-state index is -0.937. The van der Waals surface area contributed by atoms with Gasteiger partial charge in [-0.2, -0.15) is 0 Å². The zero-order chi connectivity index (χ0) is 28.3. The molecule has 0 unspecified atom stereocenters. The van der Waals surface area contributed by atoms with E-state index in [0.29, 0.717) is 38.7 Å². The van der Waals surface area contributed by atoms with E-state index in [9.17, 15) is 9.90 Å². The van der Waals surface area contributed by atoms with Crippen LogP contribution in [0.5, 0.6) is 0 Å². The Kier molecular flexibility index (Phi) is 8.04. The highest BCUT2D eigenvalue weighted by molar-refractivity contribution is 7.99. The maximum absolute atomic E-state index is 15.1. The molecule has 41 heavy (non-hydrogen) atoms. The molecule has 210 valence electrons. The number of carboxylic acids is 1. The molecule has 3 aromatic carbocycles. The highest BCUT2D eigenvalue weighted by atomic mass is 35.5. The maximum atomic E-state index is 15.1. The second-order valence-corrected chi connectivity index (χ2v) is 11.3. The predicted octanol–water partition coefficient (Wildman–Crippen LogP) is 5.69. The minimum Gasteiger partial charge on any atom is -0.481 e. The van der Waals surface area contributed by atoms with Crippen molar-refractivity contribution in [2.45, 2.75) is 24.0 Å². The van der Waals surface area contributed by atoms with E-state index < -0.39 is 17.8 Å². The lowest BCUT2D eigenvalue weighted by atomic mass is 10.00. The van der Waals surface area contributed by atoms with E-state index in [1.54, 1.807) is 42.1 Å². The van der Waals surface area contributed by atoms with Crippen LogP contribution >= 0.6 is 23.4 Å². The average Bonchev–Trinajstić information content (AvgIpc) is 3.35. The molecule has 4 aromatic rings. The number of rotatable bonds is 8. The highest BCUT2D eigenvalue weighted by Crippen LogP contribution is 2.37. The third-order valence-electron chi connectivity index (χ3n) is 7.33. The van der Waals surface area contributed by atoms with Crippen molar-refractivity contribution in [3.8, 4) is 5.69 Å². The van der Waals surface area contributed by atoms with Crippen molar-refractivity contribution >= 4 is 40.7 Å². The summed E-state index contributed by atoms with van der Waals surface area (Å²) in [5.74, 6) is -0.119. The molecule has 0 amide bonds. The number of aromatic nitrogens is 3. The molecule has 1 N–H and O–H groups in total. The third-order valence-corrected chi connectivity index (χ3v) is 8.58. The summed E-state index contributed by atoms with van der Waals surface area (Å²) < 4.78 is 17.0. The first-order chi connectivity index (χ1) is 20.0. The summed E-state index contributed by atoms with van der Waals surface area (Å²) in [6.07, 6.45) is 0.0795. The van der Waals surface area contributed by atoms with Crippen LogP contribution in [0.3, 0.4) is 0 Å². The number of benzene rings is 3. The first kappa shape index (κ1) is 27.4. The van der Waals surface area contributed by atoms with Crippen molar-refractivity contribution in [2.24, 2.45) is 4.99 Å². The quantitative estimate of drug-likeness (QED) is 0.264. The van der Waals surface area contributed by atoms with Crippen LogP contribution in [0, 0.1) is 5.82 Å². The number of hydrogen-bond donors (Lipinski definition) is 1. The second kappa shape index (κ2) is 12.0. The lowest BCUT2D eigenvalue weighted by Crippen LogP contribution is -2.46. The SMILES string of the molecule is O=C(O)CC[C@@H]1N=C(c2ccccc2F)c2cc(Cl)ccc2-n2c(SCN3CCN(c4ccccc4)CC3)nnc21. The Morgan fingerprint density at radius 1 is 0.976 bits per heavy atom. The lowest BCUT2D eigenvalue weighted by molar-refractivity contribution is -0.137. The predicted molar refractivity (Wildman–Crippen MR) is 159 cm³/mol. The van der Waals surface area contributed by atoms with Crippen molar-refractivity contribution in [2.75, 3.05) is 37.0 Å². The van der Waals surface area contributed by atoms with Gasteiger partial charge >= 0.3 is 5.97 Å². The zero-order valence-corrected chi connectivity index (χ0v) is 23.7. The molecule has 11 heteroatoms. The Balaban J connectivity index is 1.31. The fraction of sp³-hybridized carbons (Fsp3) is 0.267. The third kappa shape index (κ3) is 5.86. The van der Waals surface area contributed by atoms with Crippen LogP contribution in [0.15, 0.2) is 82.9 Å². The van der Waals surface area contributed by atoms with E-state index >= 15 is 4.39 Å². The van der Waals surface area contributed by atoms with Gasteiger partial charge in [-0.1, -0.05) is 53.7 Å². The van der Waals surface area contributed by atoms with Crippen LogP contribution in [0.25, 0.3) is 5.69 Å². The van der Waals surface area contributed by atoms with Crippen molar-refractivity contribution in [1.82, 2.24) is 19.7 Å². The van der Waals surface area contributed by atoms with Crippen molar-refractivity contribution < 1.29 is 14.3 Å². The van der Waals surface area contributed by atoms with Gasteiger partial charge in [0.05, 0.1) is 17.3 Å². The summed E-state index contributed by atoms with van der Waals surface area (Å²) in [5.41, 5.74) is 3.33. The second-order valence-electron chi connectivity index (χ2n) is 9.96. The van der Waals surface area contributed by atoms with Crippen LogP contribution < -0.4 is 4.90 Å². The molecule has 1 saturated heterocycles. The molecule has 2 aliphatic heterocycles. The highest BCUT2D eigenvalue weighted by Gasteiger charge is 2.31. The average molecular weight is 591 g/mol. The molecule has 0 spiro atoms. The normalized spacial score (nSPS) is 17.0. The zero-order valence-electron chi connectivity index (χ0n) is 22.2. The number of halogens is 2. The standard InChI is InChI=1S/C30H28ClFN6O2S/c31-20-10-12-26-23(18-20)28(22-8-4-5-9-24(22)32)33-25(11-13-27(39)40)29-34-35-30(38(26)29)41-19-36-14-16-37(17-15-36)21-6-2-1-3-7-21/h1-10,12,18,25H,11,13-17,19H2,(H,39,40)/t25-/m0/s1. The molecule has 8 nitrogen and oxygen atoms in total. The summed E-state index contributed by atoms with van der Waals surface area (Å²) in [7, 11) is 0. The Hall–Kier alpha value is -3.73. The number of anilines is 1. The lowest BCUT2D eigenvalue weighted by Gasteiger charge is -2.35. The molecule has 6 rings (SSSR count). The molecule has 2 aliphatic rings. The fourth-order valence-corrected chi connectivity index (χ4v) is 6.39. The van der Waals surface area contributed by atoms with Crippen LogP contribution in [0.1, 0.15) is 35.8 Å². The van der Waals surface area contributed by atoms with E-state index in [2.05, 4.69) is 44.3 Å². The number of hydrogen-bond acceptors (Lipinski definition) is 7. The van der Waals surface area contributed by atoms with E-state index in [0.717, 1.165) is 31.9 Å². The summed E-state index contributed by atoms with van der Waals surface area (Å²) in [4.78, 5) is 21.2. The van der Waals surface area contributed by atoms with Crippen LogP contribution in [0.4, 0.5) is 10.1 Å². The van der Waals surface area contributed by atoms with Crippen LogP contribution in [0.2, 0.25) is 5.02 Å². The number of para-hydroxylation sites is 1. The first-order valence-electron chi connectivity index (χ1n) is 13.4. The monoisotopic (exact) mass is 590 g/mol. The van der Waals surface area contributed by atoms with Gasteiger partial charge in [0.15, 0.2) is 11.0 Å². The number of thioether (sulfide) groups is 1. The van der Waals surface area contributed by atoms with Gasteiger partial charge in [0.25, 0.3) is 0 Å². The number of fused-ring (bicyclic) bond motifs is 3. The number of carboxylic acid groups (broad SMARTS) is 1. The molecule has 3 heterocycles. The Labute approximate surface area is 246 Å². The molecule has 1 fully saturated rings. The van der Waals surface area contributed by atoms with Crippen molar-refractivity contribution in [1.29, 1.82) is 0 Å². The van der Waals surface area contributed by atoms with Gasteiger partial charge in [-0.3, -0.25) is 19.3 Å². The Morgan fingerprint density at radius 3 is 2.49 bits per heavy atom. The molecular weight excluding hydrogens is 563 g/mol. The molecule has 1 aromatic heterocycles. The van der Waals surface area contributed by atoms with Gasteiger partial charge in [0.2, 0.25) is 0 Å². The number of carbonyl (C=O) groups is 1.